The Morgan fingerprint density at radius 1 is 1.00 bits per heavy atom. The molecule has 8 heteroatoms. The van der Waals surface area contributed by atoms with Crippen molar-refractivity contribution in [2.45, 2.75) is 39.0 Å². The summed E-state index contributed by atoms with van der Waals surface area (Å²) >= 11 is 0. The van der Waals surface area contributed by atoms with Crippen molar-refractivity contribution < 1.29 is 4.74 Å². The second-order valence-electron chi connectivity index (χ2n) is 9.82. The Hall–Kier alpha value is -4.17. The molecule has 0 saturated carbocycles. The van der Waals surface area contributed by atoms with E-state index in [0.717, 1.165) is 52.1 Å². The predicted octanol–water partition coefficient (Wildman–Crippen LogP) is 5.25. The molecule has 5 aromatic rings. The average molecular weight is 495 g/mol. The van der Waals surface area contributed by atoms with E-state index in [1.165, 1.54) is 0 Å². The highest BCUT2D eigenvalue weighted by Crippen LogP contribution is 2.34. The van der Waals surface area contributed by atoms with Crippen molar-refractivity contribution in [1.82, 2.24) is 19.9 Å². The maximum absolute atomic E-state index is 13.4. The first-order chi connectivity index (χ1) is 18.0. The zero-order valence-electron chi connectivity index (χ0n) is 21.2. The maximum atomic E-state index is 13.4. The molecule has 0 aliphatic carbocycles. The van der Waals surface area contributed by atoms with E-state index >= 15 is 0 Å². The lowest BCUT2D eigenvalue weighted by molar-refractivity contribution is -0.00521. The zero-order chi connectivity index (χ0) is 25.5. The van der Waals surface area contributed by atoms with Crippen molar-refractivity contribution in [1.29, 1.82) is 0 Å². The van der Waals surface area contributed by atoms with Crippen LogP contribution in [0.1, 0.15) is 32.5 Å². The number of pyridine rings is 2. The van der Waals surface area contributed by atoms with Gasteiger partial charge in [0.25, 0.3) is 5.56 Å². The number of nitrogens with zero attached hydrogens (tertiary/aromatic N) is 3. The number of fused-ring (bicyclic) bond motifs is 2. The van der Waals surface area contributed by atoms with Gasteiger partial charge in [-0.1, -0.05) is 24.3 Å². The van der Waals surface area contributed by atoms with Crippen molar-refractivity contribution >= 4 is 33.3 Å². The number of anilines is 2. The minimum atomic E-state index is -0.204. The van der Waals surface area contributed by atoms with Crippen LogP contribution >= 0.6 is 0 Å². The first kappa shape index (κ1) is 23.2. The van der Waals surface area contributed by atoms with Crippen LogP contribution in [0.25, 0.3) is 33.3 Å². The fraction of sp³-hybridized carbons (Fsp3) is 0.276. The van der Waals surface area contributed by atoms with Gasteiger partial charge in [0, 0.05) is 30.4 Å². The highest BCUT2D eigenvalue weighted by Gasteiger charge is 2.24. The lowest BCUT2D eigenvalue weighted by Crippen LogP contribution is -2.45. The standard InChI is InChI=1S/C29H30N6O2/c1-17-15-35(16-18(2)37-17)20-11-12-24-25(14-20)33-28(32-24)26-27(31-19(3)22-9-6-7-13-30-22)21-8-4-5-10-23(21)34-29(26)36/h4-14,17-19H,15-16H2,1-3H3,(H,32,33)(H2,31,34,36)/t17-,18-,19?/m1/s1. The Morgan fingerprint density at radius 2 is 1.78 bits per heavy atom. The normalized spacial score (nSPS) is 18.8. The molecule has 188 valence electrons. The average Bonchev–Trinajstić information content (AvgIpc) is 3.31. The molecule has 2 aromatic carbocycles. The van der Waals surface area contributed by atoms with Crippen LogP contribution in [-0.4, -0.2) is 45.2 Å². The van der Waals surface area contributed by atoms with Crippen LogP contribution in [0.15, 0.2) is 71.7 Å². The topological polar surface area (TPSA) is 98.9 Å². The lowest BCUT2D eigenvalue weighted by Gasteiger charge is -2.36. The SMILES string of the molecule is CC(Nc1c(-c2nc3ccc(N4C[C@@H](C)O[C@H](C)C4)cc3[nH]2)c(=O)[nH]c2ccccc12)c1ccccn1. The largest absolute Gasteiger partial charge is 0.376 e. The number of para-hydroxylation sites is 1. The van der Waals surface area contributed by atoms with Crippen molar-refractivity contribution in [3.63, 3.8) is 0 Å². The van der Waals surface area contributed by atoms with E-state index in [2.05, 4.69) is 51.1 Å². The van der Waals surface area contributed by atoms with Gasteiger partial charge in [0.1, 0.15) is 11.4 Å². The van der Waals surface area contributed by atoms with E-state index in [4.69, 9.17) is 9.72 Å². The molecule has 0 amide bonds. The molecule has 0 radical (unpaired) electrons. The lowest BCUT2D eigenvalue weighted by atomic mass is 10.1. The molecule has 1 unspecified atom stereocenters. The number of imidazole rings is 1. The third-order valence-corrected chi connectivity index (χ3v) is 6.90. The van der Waals surface area contributed by atoms with E-state index < -0.39 is 0 Å². The van der Waals surface area contributed by atoms with Gasteiger partial charge >= 0.3 is 0 Å². The van der Waals surface area contributed by atoms with Crippen molar-refractivity contribution in [2.24, 2.45) is 0 Å². The smallest absolute Gasteiger partial charge is 0.261 e. The Balaban J connectivity index is 1.45. The molecule has 37 heavy (non-hydrogen) atoms. The molecule has 0 bridgehead atoms. The fourth-order valence-electron chi connectivity index (χ4n) is 5.24. The van der Waals surface area contributed by atoms with Crippen LogP contribution < -0.4 is 15.8 Å². The van der Waals surface area contributed by atoms with Gasteiger partial charge in [0.05, 0.1) is 46.2 Å². The minimum absolute atomic E-state index is 0.119. The highest BCUT2D eigenvalue weighted by atomic mass is 16.5. The van der Waals surface area contributed by atoms with Crippen LogP contribution in [0, 0.1) is 0 Å². The summed E-state index contributed by atoms with van der Waals surface area (Å²) in [5, 5.41) is 4.48. The molecule has 1 saturated heterocycles. The highest BCUT2D eigenvalue weighted by molar-refractivity contribution is 5.99. The van der Waals surface area contributed by atoms with Crippen LogP contribution in [0.4, 0.5) is 11.4 Å². The van der Waals surface area contributed by atoms with Gasteiger partial charge in [-0.3, -0.25) is 9.78 Å². The Morgan fingerprint density at radius 3 is 2.57 bits per heavy atom. The molecule has 1 aliphatic rings. The third-order valence-electron chi connectivity index (χ3n) is 6.90. The Bertz CT molecular complexity index is 1620. The summed E-state index contributed by atoms with van der Waals surface area (Å²) in [4.78, 5) is 31.6. The number of ether oxygens (including phenoxy) is 1. The summed E-state index contributed by atoms with van der Waals surface area (Å²) in [5.74, 6) is 0.526. The van der Waals surface area contributed by atoms with Gasteiger partial charge in [-0.05, 0) is 57.2 Å². The number of aromatic nitrogens is 4. The summed E-state index contributed by atoms with van der Waals surface area (Å²) < 4.78 is 5.90. The maximum Gasteiger partial charge on any atom is 0.261 e. The van der Waals surface area contributed by atoms with E-state index in [9.17, 15) is 4.79 Å². The van der Waals surface area contributed by atoms with Crippen molar-refractivity contribution in [3.8, 4) is 11.4 Å². The molecule has 1 fully saturated rings. The Labute approximate surface area is 214 Å². The van der Waals surface area contributed by atoms with Gasteiger partial charge in [0.2, 0.25) is 0 Å². The van der Waals surface area contributed by atoms with Gasteiger partial charge in [-0.2, -0.15) is 0 Å². The summed E-state index contributed by atoms with van der Waals surface area (Å²) in [5.41, 5.74) is 5.46. The molecule has 3 atom stereocenters. The van der Waals surface area contributed by atoms with Crippen LogP contribution in [0.5, 0.6) is 0 Å². The summed E-state index contributed by atoms with van der Waals surface area (Å²) in [7, 11) is 0. The van der Waals surface area contributed by atoms with Crippen LogP contribution in [0.3, 0.4) is 0 Å². The molecule has 3 N–H and O–H groups in total. The molecule has 0 spiro atoms. The molecular weight excluding hydrogens is 464 g/mol. The number of hydrogen-bond acceptors (Lipinski definition) is 6. The number of nitrogens with one attached hydrogen (secondary N) is 3. The summed E-state index contributed by atoms with van der Waals surface area (Å²) in [6.45, 7) is 7.91. The summed E-state index contributed by atoms with van der Waals surface area (Å²) in [6, 6.07) is 19.7. The van der Waals surface area contributed by atoms with E-state index in [1.54, 1.807) is 6.20 Å². The summed E-state index contributed by atoms with van der Waals surface area (Å²) in [6.07, 6.45) is 2.11. The van der Waals surface area contributed by atoms with Crippen LogP contribution in [-0.2, 0) is 4.74 Å². The molecule has 6 rings (SSSR count). The van der Waals surface area contributed by atoms with E-state index in [-0.39, 0.29) is 23.8 Å². The molecule has 1 aliphatic heterocycles. The van der Waals surface area contributed by atoms with E-state index in [0.29, 0.717) is 11.4 Å². The number of hydrogen-bond donors (Lipinski definition) is 3. The number of aromatic amines is 2. The van der Waals surface area contributed by atoms with Crippen molar-refractivity contribution in [3.05, 3.63) is 82.9 Å². The number of rotatable bonds is 5. The number of H-pyrrole nitrogens is 2. The zero-order valence-corrected chi connectivity index (χ0v) is 21.2. The van der Waals surface area contributed by atoms with Crippen molar-refractivity contribution in [2.75, 3.05) is 23.3 Å². The number of benzene rings is 2. The fourth-order valence-corrected chi connectivity index (χ4v) is 5.24. The van der Waals surface area contributed by atoms with Gasteiger partial charge in [-0.25, -0.2) is 4.98 Å². The second kappa shape index (κ2) is 9.37. The molecular formula is C29H30N6O2. The quantitative estimate of drug-likeness (QED) is 0.309. The Kier molecular flexibility index (Phi) is 5.88. The minimum Gasteiger partial charge on any atom is -0.376 e. The molecule has 3 aromatic heterocycles. The molecule has 8 nitrogen and oxygen atoms in total. The molecule has 4 heterocycles. The predicted molar refractivity (Wildman–Crippen MR) is 148 cm³/mol. The first-order valence-electron chi connectivity index (χ1n) is 12.7. The van der Waals surface area contributed by atoms with E-state index in [1.807, 2.05) is 55.5 Å². The van der Waals surface area contributed by atoms with Gasteiger partial charge < -0.3 is 24.9 Å². The first-order valence-corrected chi connectivity index (χ1v) is 12.7. The van der Waals surface area contributed by atoms with Gasteiger partial charge in [-0.15, -0.1) is 0 Å². The third kappa shape index (κ3) is 4.44. The monoisotopic (exact) mass is 494 g/mol. The van der Waals surface area contributed by atoms with Crippen LogP contribution in [0.2, 0.25) is 0 Å². The second-order valence-corrected chi connectivity index (χ2v) is 9.82. The van der Waals surface area contributed by atoms with Gasteiger partial charge in [0.15, 0.2) is 0 Å². The number of morpholine rings is 1.